The van der Waals surface area contributed by atoms with Gasteiger partial charge in [-0.05, 0) is 19.1 Å². The fourth-order valence-electron chi connectivity index (χ4n) is 2.40. The highest BCUT2D eigenvalue weighted by atomic mass is 16.5. The summed E-state index contributed by atoms with van der Waals surface area (Å²) in [6, 6.07) is 14.3. The average molecular weight is 338 g/mol. The van der Waals surface area contributed by atoms with E-state index >= 15 is 0 Å². The number of benzene rings is 2. The summed E-state index contributed by atoms with van der Waals surface area (Å²) < 4.78 is 6.13. The van der Waals surface area contributed by atoms with Crippen molar-refractivity contribution in [1.29, 1.82) is 0 Å². The van der Waals surface area contributed by atoms with Crippen molar-refractivity contribution in [3.05, 3.63) is 77.9 Å². The monoisotopic (exact) mass is 338 g/mol. The third-order valence-electron chi connectivity index (χ3n) is 4.20. The summed E-state index contributed by atoms with van der Waals surface area (Å²) in [6.07, 6.45) is 1.12. The fraction of sp³-hybridized carbons (Fsp3) is 0.238. The molecule has 4 nitrogen and oxygen atoms in total. The zero-order valence-corrected chi connectivity index (χ0v) is 15.0. The van der Waals surface area contributed by atoms with Gasteiger partial charge in [0.05, 0.1) is 20.6 Å². The van der Waals surface area contributed by atoms with Gasteiger partial charge in [-0.3, -0.25) is 4.79 Å². The molecule has 0 saturated heterocycles. The summed E-state index contributed by atoms with van der Waals surface area (Å²) in [5.74, 6) is -0.231. The highest BCUT2D eigenvalue weighted by Crippen LogP contribution is 2.25. The molecule has 2 aromatic carbocycles. The zero-order chi connectivity index (χ0) is 18.4. The number of carbonyl (C=O) groups excluding carboxylic acids is 2. The van der Waals surface area contributed by atoms with Crippen LogP contribution in [0, 0.1) is 0 Å². The van der Waals surface area contributed by atoms with E-state index in [0.717, 1.165) is 22.7 Å². The van der Waals surface area contributed by atoms with Gasteiger partial charge in [-0.25, -0.2) is 4.79 Å². The minimum Gasteiger partial charge on any atom is -0.423 e. The van der Waals surface area contributed by atoms with E-state index in [0.29, 0.717) is 23.4 Å². The van der Waals surface area contributed by atoms with Gasteiger partial charge in [0, 0.05) is 22.8 Å². The Morgan fingerprint density at radius 3 is 2.36 bits per heavy atom. The fourth-order valence-corrected chi connectivity index (χ4v) is 2.40. The van der Waals surface area contributed by atoms with Crippen LogP contribution in [0.2, 0.25) is 0 Å². The summed E-state index contributed by atoms with van der Waals surface area (Å²) in [6.45, 7) is 7.16. The summed E-state index contributed by atoms with van der Waals surface area (Å²) in [5.41, 5.74) is 1.97. The second kappa shape index (κ2) is 7.90. The number of esters is 1. The lowest BCUT2D eigenvalue weighted by atomic mass is 10.0. The van der Waals surface area contributed by atoms with Crippen LogP contribution in [0.4, 0.5) is 0 Å². The molecule has 0 aliphatic rings. The van der Waals surface area contributed by atoms with E-state index in [-0.39, 0.29) is 5.78 Å². The predicted octanol–water partition coefficient (Wildman–Crippen LogP) is 3.61. The smallest absolute Gasteiger partial charge is 0.335 e. The first kappa shape index (κ1) is 18.6. The molecule has 0 bridgehead atoms. The maximum absolute atomic E-state index is 12.6. The van der Waals surface area contributed by atoms with Crippen molar-refractivity contribution in [2.45, 2.75) is 13.5 Å². The van der Waals surface area contributed by atoms with Gasteiger partial charge < -0.3 is 9.22 Å². The Kier molecular flexibility index (Phi) is 5.88. The van der Waals surface area contributed by atoms with E-state index in [1.807, 2.05) is 24.3 Å². The number of ketones is 1. The van der Waals surface area contributed by atoms with Gasteiger partial charge in [0.25, 0.3) is 0 Å². The van der Waals surface area contributed by atoms with Crippen molar-refractivity contribution in [2.75, 3.05) is 20.6 Å². The molecule has 2 rings (SSSR count). The molecule has 0 radical (unpaired) electrons. The lowest BCUT2D eigenvalue weighted by Crippen LogP contribution is -2.38. The van der Waals surface area contributed by atoms with E-state index in [4.69, 9.17) is 4.74 Å². The number of rotatable bonds is 7. The number of hydrogen-bond donors (Lipinski definition) is 0. The van der Waals surface area contributed by atoms with E-state index in [1.165, 1.54) is 0 Å². The van der Waals surface area contributed by atoms with Gasteiger partial charge in [0.1, 0.15) is 12.3 Å². The molecule has 0 unspecified atom stereocenters. The Balaban J connectivity index is 2.41. The molecule has 0 aromatic heterocycles. The van der Waals surface area contributed by atoms with Crippen molar-refractivity contribution in [1.82, 2.24) is 0 Å². The van der Waals surface area contributed by atoms with Crippen molar-refractivity contribution in [3.8, 4) is 5.75 Å². The van der Waals surface area contributed by atoms with Crippen LogP contribution in [0.15, 0.2) is 61.2 Å². The summed E-state index contributed by atoms with van der Waals surface area (Å²) in [4.78, 5) is 24.3. The molecule has 0 aliphatic carbocycles. The van der Waals surface area contributed by atoms with Crippen LogP contribution in [0.5, 0.6) is 5.75 Å². The standard InChI is InChI=1S/C21H24NO3/c1-5-20(23)25-19-14-17(21(24)16-10-8-7-9-11-16)12-13-18(19)15-22(3,4)6-2/h5,7-14H,1,6,15H2,2-4H3/q+1. The summed E-state index contributed by atoms with van der Waals surface area (Å²) in [7, 11) is 4.20. The maximum atomic E-state index is 12.6. The number of carbonyl (C=O) groups is 2. The molecule has 4 heteroatoms. The topological polar surface area (TPSA) is 43.4 Å². The Hall–Kier alpha value is -2.72. The van der Waals surface area contributed by atoms with E-state index < -0.39 is 5.97 Å². The SMILES string of the molecule is C=CC(=O)Oc1cc(C(=O)c2ccccc2)ccc1C[N+](C)(C)CC. The molecule has 2 aromatic rings. The van der Waals surface area contributed by atoms with Crippen molar-refractivity contribution < 1.29 is 18.8 Å². The first-order chi connectivity index (χ1) is 11.9. The molecule has 0 spiro atoms. The minimum absolute atomic E-state index is 0.104. The van der Waals surface area contributed by atoms with Gasteiger partial charge in [-0.15, -0.1) is 0 Å². The van der Waals surface area contributed by atoms with E-state index in [9.17, 15) is 9.59 Å². The van der Waals surface area contributed by atoms with Crippen LogP contribution >= 0.6 is 0 Å². The summed E-state index contributed by atoms with van der Waals surface area (Å²) in [5, 5.41) is 0. The Labute approximate surface area is 148 Å². The second-order valence-electron chi connectivity index (χ2n) is 6.55. The average Bonchev–Trinajstić information content (AvgIpc) is 2.63. The molecular formula is C21H24NO3+. The van der Waals surface area contributed by atoms with Crippen molar-refractivity contribution in [2.24, 2.45) is 0 Å². The molecule has 0 amide bonds. The van der Waals surface area contributed by atoms with Crippen LogP contribution in [0.3, 0.4) is 0 Å². The predicted molar refractivity (Wildman–Crippen MR) is 98.5 cm³/mol. The number of quaternary nitrogens is 1. The van der Waals surface area contributed by atoms with E-state index in [1.54, 1.807) is 24.3 Å². The Bertz CT molecular complexity index is 779. The lowest BCUT2D eigenvalue weighted by Gasteiger charge is -2.29. The van der Waals surface area contributed by atoms with E-state index in [2.05, 4.69) is 27.6 Å². The summed E-state index contributed by atoms with van der Waals surface area (Å²) >= 11 is 0. The van der Waals surface area contributed by atoms with Gasteiger partial charge in [0.2, 0.25) is 0 Å². The largest absolute Gasteiger partial charge is 0.423 e. The Morgan fingerprint density at radius 1 is 1.08 bits per heavy atom. The highest BCUT2D eigenvalue weighted by Gasteiger charge is 2.20. The van der Waals surface area contributed by atoms with Gasteiger partial charge >= 0.3 is 5.97 Å². The van der Waals surface area contributed by atoms with Gasteiger partial charge in [0.15, 0.2) is 5.78 Å². The van der Waals surface area contributed by atoms with Gasteiger partial charge in [-0.2, -0.15) is 0 Å². The van der Waals surface area contributed by atoms with Crippen LogP contribution in [0.25, 0.3) is 0 Å². The third kappa shape index (κ3) is 4.88. The first-order valence-electron chi connectivity index (χ1n) is 8.25. The maximum Gasteiger partial charge on any atom is 0.335 e. The highest BCUT2D eigenvalue weighted by molar-refractivity contribution is 6.09. The second-order valence-corrected chi connectivity index (χ2v) is 6.55. The third-order valence-corrected chi connectivity index (χ3v) is 4.20. The molecule has 0 N–H and O–H groups in total. The molecule has 130 valence electrons. The minimum atomic E-state index is -0.535. The van der Waals surface area contributed by atoms with Crippen molar-refractivity contribution >= 4 is 11.8 Å². The Morgan fingerprint density at radius 2 is 1.76 bits per heavy atom. The normalized spacial score (nSPS) is 11.0. The molecule has 0 atom stereocenters. The van der Waals surface area contributed by atoms with Gasteiger partial charge in [-0.1, -0.05) is 43.0 Å². The molecule has 0 fully saturated rings. The van der Waals surface area contributed by atoms with Crippen LogP contribution in [-0.2, 0) is 11.3 Å². The molecule has 0 heterocycles. The van der Waals surface area contributed by atoms with Crippen LogP contribution in [-0.4, -0.2) is 36.9 Å². The molecule has 0 aliphatic heterocycles. The number of ether oxygens (including phenoxy) is 1. The van der Waals surface area contributed by atoms with Crippen LogP contribution < -0.4 is 4.74 Å². The molecular weight excluding hydrogens is 314 g/mol. The van der Waals surface area contributed by atoms with Crippen molar-refractivity contribution in [3.63, 3.8) is 0 Å². The lowest BCUT2D eigenvalue weighted by molar-refractivity contribution is -0.901. The first-order valence-corrected chi connectivity index (χ1v) is 8.25. The number of hydrogen-bond acceptors (Lipinski definition) is 3. The molecule has 25 heavy (non-hydrogen) atoms. The molecule has 0 saturated carbocycles. The van der Waals surface area contributed by atoms with Crippen LogP contribution in [0.1, 0.15) is 28.4 Å². The number of nitrogens with zero attached hydrogens (tertiary/aromatic N) is 1. The zero-order valence-electron chi connectivity index (χ0n) is 15.0. The quantitative estimate of drug-likeness (QED) is 0.255.